The summed E-state index contributed by atoms with van der Waals surface area (Å²) in [5, 5.41) is 14.8. The number of nitrogens with zero attached hydrogens (tertiary/aromatic N) is 2. The highest BCUT2D eigenvalue weighted by Gasteiger charge is 2.10. The fourth-order valence-corrected chi connectivity index (χ4v) is 4.43. The lowest BCUT2D eigenvalue weighted by molar-refractivity contribution is -0.384. The summed E-state index contributed by atoms with van der Waals surface area (Å²) < 4.78 is 7.25. The first kappa shape index (κ1) is 24.6. The topological polar surface area (TPSA) is 93.8 Å². The van der Waals surface area contributed by atoms with E-state index in [9.17, 15) is 14.9 Å². The van der Waals surface area contributed by atoms with E-state index in [1.165, 1.54) is 17.7 Å². The van der Waals surface area contributed by atoms with Gasteiger partial charge in [0.1, 0.15) is 12.4 Å². The number of non-ortho nitro benzene ring substituents is 1. The SMILES string of the molecule is Cc1ccc(CC(=O)N/N=C\c2cc(Br)c(OCc3ccc([N+](=O)[O-])cc3)c(Br)c2)cc1C. The third-order valence-electron chi connectivity index (χ3n) is 4.89. The van der Waals surface area contributed by atoms with Gasteiger partial charge in [0.25, 0.3) is 5.69 Å². The molecule has 0 unspecified atom stereocenters. The van der Waals surface area contributed by atoms with Gasteiger partial charge in [-0.25, -0.2) is 5.43 Å². The molecule has 3 aromatic rings. The zero-order valence-corrected chi connectivity index (χ0v) is 21.1. The molecule has 0 atom stereocenters. The van der Waals surface area contributed by atoms with Crippen molar-refractivity contribution in [3.8, 4) is 5.75 Å². The molecule has 0 bridgehead atoms. The Hall–Kier alpha value is -3.04. The minimum Gasteiger partial charge on any atom is -0.487 e. The largest absolute Gasteiger partial charge is 0.487 e. The van der Waals surface area contributed by atoms with Crippen LogP contribution >= 0.6 is 31.9 Å². The van der Waals surface area contributed by atoms with E-state index in [2.05, 4.69) is 42.4 Å². The number of halogens is 2. The molecule has 0 saturated carbocycles. The molecular weight excluding hydrogens is 554 g/mol. The minimum atomic E-state index is -0.441. The van der Waals surface area contributed by atoms with E-state index in [4.69, 9.17) is 4.74 Å². The lowest BCUT2D eigenvalue weighted by Crippen LogP contribution is -2.19. The van der Waals surface area contributed by atoms with Crippen molar-refractivity contribution in [2.24, 2.45) is 5.10 Å². The Bertz CT molecular complexity index is 1190. The van der Waals surface area contributed by atoms with Crippen molar-refractivity contribution >= 4 is 49.7 Å². The minimum absolute atomic E-state index is 0.0332. The third-order valence-corrected chi connectivity index (χ3v) is 6.07. The van der Waals surface area contributed by atoms with Crippen LogP contribution < -0.4 is 10.2 Å². The molecule has 0 spiro atoms. The molecule has 170 valence electrons. The van der Waals surface area contributed by atoms with Gasteiger partial charge in [0.2, 0.25) is 5.91 Å². The summed E-state index contributed by atoms with van der Waals surface area (Å²) >= 11 is 6.97. The van der Waals surface area contributed by atoms with E-state index >= 15 is 0 Å². The van der Waals surface area contributed by atoms with Crippen molar-refractivity contribution in [2.75, 3.05) is 0 Å². The molecule has 3 rings (SSSR count). The summed E-state index contributed by atoms with van der Waals surface area (Å²) in [5.41, 5.74) is 7.41. The van der Waals surface area contributed by atoms with Crippen molar-refractivity contribution in [1.82, 2.24) is 5.43 Å². The summed E-state index contributed by atoms with van der Waals surface area (Å²) in [6, 6.07) is 15.8. The van der Waals surface area contributed by atoms with Crippen LogP contribution in [0.25, 0.3) is 0 Å². The number of benzene rings is 3. The number of aryl methyl sites for hydroxylation is 2. The second-order valence-corrected chi connectivity index (χ2v) is 9.12. The van der Waals surface area contributed by atoms with Crippen LogP contribution in [0.15, 0.2) is 68.6 Å². The van der Waals surface area contributed by atoms with Gasteiger partial charge < -0.3 is 4.74 Å². The van der Waals surface area contributed by atoms with Crippen LogP contribution in [-0.4, -0.2) is 17.0 Å². The van der Waals surface area contributed by atoms with Crippen molar-refractivity contribution in [3.05, 3.63) is 101 Å². The predicted octanol–water partition coefficient (Wildman–Crippen LogP) is 6.01. The Morgan fingerprint density at radius 2 is 1.67 bits per heavy atom. The maximum atomic E-state index is 12.2. The van der Waals surface area contributed by atoms with Gasteiger partial charge in [-0.05, 0) is 97.8 Å². The Balaban J connectivity index is 1.58. The lowest BCUT2D eigenvalue weighted by atomic mass is 10.0. The van der Waals surface area contributed by atoms with Crippen molar-refractivity contribution in [1.29, 1.82) is 0 Å². The summed E-state index contributed by atoms with van der Waals surface area (Å²) in [5.74, 6) is 0.389. The number of carbonyl (C=O) groups is 1. The van der Waals surface area contributed by atoms with E-state index in [-0.39, 0.29) is 24.6 Å². The number of hydrogen-bond donors (Lipinski definition) is 1. The molecule has 33 heavy (non-hydrogen) atoms. The number of nitro groups is 1. The second-order valence-electron chi connectivity index (χ2n) is 7.41. The smallest absolute Gasteiger partial charge is 0.269 e. The van der Waals surface area contributed by atoms with E-state index in [1.54, 1.807) is 18.3 Å². The average Bonchev–Trinajstić information content (AvgIpc) is 2.76. The third kappa shape index (κ3) is 6.97. The molecule has 9 heteroatoms. The maximum absolute atomic E-state index is 12.2. The molecule has 0 fully saturated rings. The van der Waals surface area contributed by atoms with Crippen LogP contribution in [0.4, 0.5) is 5.69 Å². The summed E-state index contributed by atoms with van der Waals surface area (Å²) in [4.78, 5) is 22.5. The first-order valence-electron chi connectivity index (χ1n) is 9.96. The van der Waals surface area contributed by atoms with Crippen LogP contribution in [0.3, 0.4) is 0 Å². The molecule has 0 radical (unpaired) electrons. The summed E-state index contributed by atoms with van der Waals surface area (Å²) in [7, 11) is 0. The van der Waals surface area contributed by atoms with Crippen molar-refractivity contribution in [2.45, 2.75) is 26.9 Å². The molecule has 0 aliphatic carbocycles. The quantitative estimate of drug-likeness (QED) is 0.202. The number of nitrogens with one attached hydrogen (secondary N) is 1. The van der Waals surface area contributed by atoms with Gasteiger partial charge in [0, 0.05) is 12.1 Å². The van der Waals surface area contributed by atoms with Gasteiger partial charge in [0.15, 0.2) is 0 Å². The predicted molar refractivity (Wildman–Crippen MR) is 135 cm³/mol. The zero-order valence-electron chi connectivity index (χ0n) is 18.0. The number of amides is 1. The highest BCUT2D eigenvalue weighted by Crippen LogP contribution is 2.35. The maximum Gasteiger partial charge on any atom is 0.269 e. The van der Waals surface area contributed by atoms with E-state index < -0.39 is 4.92 Å². The van der Waals surface area contributed by atoms with Gasteiger partial charge in [-0.3, -0.25) is 14.9 Å². The van der Waals surface area contributed by atoms with E-state index in [0.717, 1.165) is 22.3 Å². The number of nitro benzene ring substituents is 1. The highest BCUT2D eigenvalue weighted by molar-refractivity contribution is 9.11. The number of hydrogen-bond acceptors (Lipinski definition) is 5. The monoisotopic (exact) mass is 573 g/mol. The lowest BCUT2D eigenvalue weighted by Gasteiger charge is -2.11. The second kappa shape index (κ2) is 11.2. The fourth-order valence-electron chi connectivity index (χ4n) is 2.98. The van der Waals surface area contributed by atoms with Crippen LogP contribution in [0, 0.1) is 24.0 Å². The van der Waals surface area contributed by atoms with Gasteiger partial charge >= 0.3 is 0 Å². The van der Waals surface area contributed by atoms with Gasteiger partial charge in [-0.15, -0.1) is 0 Å². The van der Waals surface area contributed by atoms with Crippen LogP contribution in [-0.2, 0) is 17.8 Å². The van der Waals surface area contributed by atoms with Crippen LogP contribution in [0.1, 0.15) is 27.8 Å². The average molecular weight is 575 g/mol. The Kier molecular flexibility index (Phi) is 8.35. The Morgan fingerprint density at radius 3 is 2.27 bits per heavy atom. The molecule has 0 aromatic heterocycles. The van der Waals surface area contributed by atoms with E-state index in [1.807, 2.05) is 44.2 Å². The molecule has 1 amide bonds. The van der Waals surface area contributed by atoms with Crippen molar-refractivity contribution in [3.63, 3.8) is 0 Å². The molecule has 0 aliphatic heterocycles. The number of ether oxygens (including phenoxy) is 1. The zero-order chi connectivity index (χ0) is 24.0. The summed E-state index contributed by atoms with van der Waals surface area (Å²) in [6.45, 7) is 4.30. The normalized spacial score (nSPS) is 10.9. The molecular formula is C24H21Br2N3O4. The summed E-state index contributed by atoms with van der Waals surface area (Å²) in [6.07, 6.45) is 1.80. The first-order valence-corrected chi connectivity index (χ1v) is 11.5. The number of hydrazone groups is 1. The Morgan fingerprint density at radius 1 is 1.03 bits per heavy atom. The standard InChI is InChI=1S/C24H21Br2N3O4/c1-15-3-4-18(9-16(15)2)12-23(30)28-27-13-19-10-21(25)24(22(26)11-19)33-14-17-5-7-20(8-6-17)29(31)32/h3-11,13H,12,14H2,1-2H3,(H,28,30)/b27-13-. The molecule has 0 heterocycles. The molecule has 3 aromatic carbocycles. The van der Waals surface area contributed by atoms with Crippen LogP contribution in [0.2, 0.25) is 0 Å². The number of carbonyl (C=O) groups excluding carboxylic acids is 1. The number of rotatable bonds is 8. The Labute approximate surface area is 208 Å². The molecule has 0 aliphatic rings. The molecule has 1 N–H and O–H groups in total. The molecule has 7 nitrogen and oxygen atoms in total. The van der Waals surface area contributed by atoms with E-state index in [0.29, 0.717) is 14.7 Å². The first-order chi connectivity index (χ1) is 15.7. The van der Waals surface area contributed by atoms with Gasteiger partial charge in [-0.2, -0.15) is 5.10 Å². The van der Waals surface area contributed by atoms with Gasteiger partial charge in [0.05, 0.1) is 26.5 Å². The van der Waals surface area contributed by atoms with Crippen LogP contribution in [0.5, 0.6) is 5.75 Å². The fraction of sp³-hybridized carbons (Fsp3) is 0.167. The van der Waals surface area contributed by atoms with Gasteiger partial charge in [-0.1, -0.05) is 18.2 Å². The van der Waals surface area contributed by atoms with Crippen molar-refractivity contribution < 1.29 is 14.5 Å². The highest BCUT2D eigenvalue weighted by atomic mass is 79.9. The molecule has 0 saturated heterocycles.